The monoisotopic (exact) mass is 338 g/mol. The molecule has 1 aliphatic carbocycles. The van der Waals surface area contributed by atoms with Crippen LogP contribution in [0.2, 0.25) is 0 Å². The number of benzene rings is 2. The second-order valence-corrected chi connectivity index (χ2v) is 6.39. The van der Waals surface area contributed by atoms with Gasteiger partial charge in [0.25, 0.3) is 0 Å². The van der Waals surface area contributed by atoms with E-state index in [1.54, 1.807) is 25.3 Å². The highest BCUT2D eigenvalue weighted by Gasteiger charge is 2.44. The first kappa shape index (κ1) is 17.0. The van der Waals surface area contributed by atoms with Crippen LogP contribution in [0.4, 0.5) is 11.4 Å². The number of amides is 2. The molecule has 3 rings (SSSR count). The lowest BCUT2D eigenvalue weighted by atomic mass is 10.0. The number of anilines is 2. The Balaban J connectivity index is 1.73. The summed E-state index contributed by atoms with van der Waals surface area (Å²) < 4.78 is 5.31. The molecule has 0 spiro atoms. The number of hydrogen-bond donors (Lipinski definition) is 2. The van der Waals surface area contributed by atoms with E-state index >= 15 is 0 Å². The number of rotatable bonds is 5. The molecular weight excluding hydrogens is 316 g/mol. The molecule has 0 unspecified atom stereocenters. The van der Waals surface area contributed by atoms with Gasteiger partial charge in [-0.15, -0.1) is 0 Å². The zero-order valence-electron chi connectivity index (χ0n) is 14.6. The third-order valence-electron chi connectivity index (χ3n) is 4.49. The average molecular weight is 338 g/mol. The van der Waals surface area contributed by atoms with Crippen molar-refractivity contribution in [2.75, 3.05) is 17.7 Å². The van der Waals surface area contributed by atoms with Crippen LogP contribution in [0.25, 0.3) is 0 Å². The maximum atomic E-state index is 12.6. The summed E-state index contributed by atoms with van der Waals surface area (Å²) in [6.07, 6.45) is 0.852. The summed E-state index contributed by atoms with van der Waals surface area (Å²) in [7, 11) is 1.55. The van der Waals surface area contributed by atoms with E-state index in [0.717, 1.165) is 6.42 Å². The lowest BCUT2D eigenvalue weighted by Crippen LogP contribution is -2.16. The number of nitrogens with one attached hydrogen (secondary N) is 2. The Morgan fingerprint density at radius 3 is 2.56 bits per heavy atom. The van der Waals surface area contributed by atoms with Crippen molar-refractivity contribution < 1.29 is 14.3 Å². The number of carbonyl (C=O) groups is 2. The van der Waals surface area contributed by atoms with Crippen LogP contribution in [-0.4, -0.2) is 18.9 Å². The van der Waals surface area contributed by atoms with Gasteiger partial charge in [-0.2, -0.15) is 0 Å². The molecule has 1 fully saturated rings. The van der Waals surface area contributed by atoms with Crippen molar-refractivity contribution in [2.45, 2.75) is 26.2 Å². The zero-order chi connectivity index (χ0) is 18.0. The second-order valence-electron chi connectivity index (χ2n) is 6.39. The molecule has 0 heterocycles. The molecule has 2 atom stereocenters. The summed E-state index contributed by atoms with van der Waals surface area (Å²) in [5.41, 5.74) is 3.64. The van der Waals surface area contributed by atoms with Crippen molar-refractivity contribution in [2.24, 2.45) is 5.92 Å². The molecule has 0 saturated heterocycles. The highest BCUT2D eigenvalue weighted by molar-refractivity contribution is 5.98. The predicted octanol–water partition coefficient (Wildman–Crippen LogP) is 3.70. The third kappa shape index (κ3) is 3.82. The normalized spacial score (nSPS) is 18.4. The van der Waals surface area contributed by atoms with E-state index < -0.39 is 0 Å². The van der Waals surface area contributed by atoms with Gasteiger partial charge < -0.3 is 15.4 Å². The molecule has 0 aromatic heterocycles. The lowest BCUT2D eigenvalue weighted by Gasteiger charge is -2.12. The van der Waals surface area contributed by atoms with Crippen LogP contribution in [0.5, 0.6) is 5.75 Å². The Kier molecular flexibility index (Phi) is 4.74. The molecule has 130 valence electrons. The van der Waals surface area contributed by atoms with E-state index in [2.05, 4.69) is 29.7 Å². The van der Waals surface area contributed by atoms with Gasteiger partial charge in [-0.3, -0.25) is 9.59 Å². The van der Waals surface area contributed by atoms with Crippen molar-refractivity contribution in [1.29, 1.82) is 0 Å². The molecular formula is C20H22N2O3. The van der Waals surface area contributed by atoms with Crippen molar-refractivity contribution >= 4 is 23.2 Å². The fourth-order valence-corrected chi connectivity index (χ4v) is 3.14. The first-order valence-corrected chi connectivity index (χ1v) is 8.31. The van der Waals surface area contributed by atoms with Crippen molar-refractivity contribution in [3.63, 3.8) is 0 Å². The van der Waals surface area contributed by atoms with Crippen molar-refractivity contribution in [3.8, 4) is 5.75 Å². The minimum atomic E-state index is -0.163. The molecule has 5 heteroatoms. The zero-order valence-corrected chi connectivity index (χ0v) is 14.6. The van der Waals surface area contributed by atoms with Gasteiger partial charge in [-0.1, -0.05) is 24.3 Å². The summed E-state index contributed by atoms with van der Waals surface area (Å²) in [6.45, 7) is 3.52. The van der Waals surface area contributed by atoms with Crippen LogP contribution in [0, 0.1) is 12.8 Å². The molecule has 2 aromatic rings. The minimum Gasteiger partial charge on any atom is -0.495 e. The van der Waals surface area contributed by atoms with E-state index in [0.29, 0.717) is 17.1 Å². The number of carbonyl (C=O) groups excluding carboxylic acids is 2. The number of aryl methyl sites for hydroxylation is 1. The van der Waals surface area contributed by atoms with Crippen LogP contribution in [0.15, 0.2) is 42.5 Å². The Hall–Kier alpha value is -2.82. The third-order valence-corrected chi connectivity index (χ3v) is 4.49. The maximum absolute atomic E-state index is 12.6. The highest BCUT2D eigenvalue weighted by atomic mass is 16.5. The molecule has 1 aliphatic rings. The van der Waals surface area contributed by atoms with Gasteiger partial charge in [-0.05, 0) is 48.6 Å². The molecule has 2 amide bonds. The molecule has 25 heavy (non-hydrogen) atoms. The molecule has 2 aromatic carbocycles. The van der Waals surface area contributed by atoms with Crippen LogP contribution in [0.3, 0.4) is 0 Å². The van der Waals surface area contributed by atoms with Crippen LogP contribution >= 0.6 is 0 Å². The van der Waals surface area contributed by atoms with E-state index in [-0.39, 0.29) is 23.7 Å². The number of methoxy groups -OCH3 is 1. The summed E-state index contributed by atoms with van der Waals surface area (Å²) in [4.78, 5) is 23.8. The average Bonchev–Trinajstić information content (AvgIpc) is 3.35. The predicted molar refractivity (Wildman–Crippen MR) is 98.0 cm³/mol. The number of hydrogen-bond acceptors (Lipinski definition) is 3. The standard InChI is InChI=1S/C20H22N2O3/c1-12-6-4-5-7-15(12)16-11-17(16)20(24)22-18-10-14(21-13(2)23)8-9-19(18)25-3/h4-10,16-17H,11H2,1-3H3,(H,21,23)(H,22,24)/t16-,17+/m1/s1. The summed E-state index contributed by atoms with van der Waals surface area (Å²) in [5.74, 6) is 0.618. The van der Waals surface area contributed by atoms with E-state index in [9.17, 15) is 9.59 Å². The minimum absolute atomic E-state index is 0.0217. The lowest BCUT2D eigenvalue weighted by molar-refractivity contribution is -0.117. The molecule has 2 N–H and O–H groups in total. The molecule has 5 nitrogen and oxygen atoms in total. The molecule has 0 radical (unpaired) electrons. The Morgan fingerprint density at radius 2 is 1.88 bits per heavy atom. The number of ether oxygens (including phenoxy) is 1. The quantitative estimate of drug-likeness (QED) is 0.873. The Morgan fingerprint density at radius 1 is 1.12 bits per heavy atom. The molecule has 0 bridgehead atoms. The maximum Gasteiger partial charge on any atom is 0.228 e. The van der Waals surface area contributed by atoms with Crippen LogP contribution in [0.1, 0.15) is 30.4 Å². The van der Waals surface area contributed by atoms with Crippen molar-refractivity contribution in [1.82, 2.24) is 0 Å². The SMILES string of the molecule is COc1ccc(NC(C)=O)cc1NC(=O)[C@H]1C[C@@H]1c1ccccc1C. The first-order valence-electron chi connectivity index (χ1n) is 8.31. The van der Waals surface area contributed by atoms with Gasteiger partial charge in [0.1, 0.15) is 5.75 Å². The van der Waals surface area contributed by atoms with Crippen LogP contribution in [-0.2, 0) is 9.59 Å². The molecule has 1 saturated carbocycles. The summed E-state index contributed by atoms with van der Waals surface area (Å²) in [5, 5.41) is 5.65. The first-order chi connectivity index (χ1) is 12.0. The van der Waals surface area contributed by atoms with Gasteiger partial charge in [0.2, 0.25) is 11.8 Å². The highest BCUT2D eigenvalue weighted by Crippen LogP contribution is 2.49. The largest absolute Gasteiger partial charge is 0.495 e. The molecule has 0 aliphatic heterocycles. The fraction of sp³-hybridized carbons (Fsp3) is 0.300. The van der Waals surface area contributed by atoms with Gasteiger partial charge >= 0.3 is 0 Å². The van der Waals surface area contributed by atoms with Gasteiger partial charge in [0.15, 0.2) is 0 Å². The van der Waals surface area contributed by atoms with E-state index in [1.165, 1.54) is 18.1 Å². The summed E-state index contributed by atoms with van der Waals surface area (Å²) in [6, 6.07) is 13.4. The van der Waals surface area contributed by atoms with Crippen molar-refractivity contribution in [3.05, 3.63) is 53.6 Å². The summed E-state index contributed by atoms with van der Waals surface area (Å²) >= 11 is 0. The second kappa shape index (κ2) is 6.97. The Labute approximate surface area is 147 Å². The smallest absolute Gasteiger partial charge is 0.228 e. The topological polar surface area (TPSA) is 67.4 Å². The van der Waals surface area contributed by atoms with Gasteiger partial charge in [0.05, 0.1) is 12.8 Å². The van der Waals surface area contributed by atoms with Crippen LogP contribution < -0.4 is 15.4 Å². The van der Waals surface area contributed by atoms with Gasteiger partial charge in [0, 0.05) is 18.5 Å². The fourth-order valence-electron chi connectivity index (χ4n) is 3.14. The van der Waals surface area contributed by atoms with E-state index in [4.69, 9.17) is 4.74 Å². The van der Waals surface area contributed by atoms with E-state index in [1.807, 2.05) is 12.1 Å². The Bertz CT molecular complexity index is 816. The van der Waals surface area contributed by atoms with Gasteiger partial charge in [-0.25, -0.2) is 0 Å².